The molecule has 0 fully saturated rings. The van der Waals surface area contributed by atoms with Crippen molar-refractivity contribution in [1.29, 1.82) is 0 Å². The Bertz CT molecular complexity index is 281. The molecular weight excluding hydrogens is 334 g/mol. The van der Waals surface area contributed by atoms with E-state index in [-0.39, 0.29) is 25.5 Å². The molecule has 0 radical (unpaired) electrons. The molecule has 0 heterocycles. The summed E-state index contributed by atoms with van der Waals surface area (Å²) in [7, 11) is 0. The first-order valence-electron chi connectivity index (χ1n) is 10.5. The van der Waals surface area contributed by atoms with Crippen LogP contribution < -0.4 is 0 Å². The van der Waals surface area contributed by atoms with E-state index in [9.17, 15) is 5.11 Å². The van der Waals surface area contributed by atoms with E-state index in [0.717, 1.165) is 64.6 Å². The van der Waals surface area contributed by atoms with E-state index < -0.39 is 0 Å². The van der Waals surface area contributed by atoms with Gasteiger partial charge in [-0.3, -0.25) is 4.90 Å². The Morgan fingerprint density at radius 3 is 2.15 bits per heavy atom. The summed E-state index contributed by atoms with van der Waals surface area (Å²) in [6.07, 6.45) is 7.58. The van der Waals surface area contributed by atoms with Crippen molar-refractivity contribution >= 4 is 0 Å². The highest BCUT2D eigenvalue weighted by Crippen LogP contribution is 2.13. The molecule has 0 saturated heterocycles. The molecule has 0 aromatic heterocycles. The minimum Gasteiger partial charge on any atom is -0.394 e. The standard InChI is InChI=1S/C20H43NO5/c1-4-7-10-19(25-13-9-6-3)17-21(11-8-5-2)20(18-23)26-16-15-24-14-12-22/h19-20,22-23H,4-18H2,1-3H3. The van der Waals surface area contributed by atoms with Crippen molar-refractivity contribution in [2.45, 2.75) is 78.0 Å². The maximum absolute atomic E-state index is 9.81. The topological polar surface area (TPSA) is 71.4 Å². The molecule has 0 aromatic carbocycles. The Balaban J connectivity index is 4.62. The zero-order valence-electron chi connectivity index (χ0n) is 17.3. The maximum atomic E-state index is 9.81. The Kier molecular flexibility index (Phi) is 19.3. The average molecular weight is 378 g/mol. The molecule has 26 heavy (non-hydrogen) atoms. The fraction of sp³-hybridized carbons (Fsp3) is 1.00. The van der Waals surface area contributed by atoms with Crippen LogP contribution in [0, 0.1) is 0 Å². The summed E-state index contributed by atoms with van der Waals surface area (Å²) in [4.78, 5) is 2.21. The molecule has 0 aliphatic heterocycles. The minimum absolute atomic E-state index is 0.0141. The van der Waals surface area contributed by atoms with Gasteiger partial charge in [0, 0.05) is 19.7 Å². The van der Waals surface area contributed by atoms with Crippen molar-refractivity contribution in [3.05, 3.63) is 0 Å². The van der Waals surface area contributed by atoms with Crippen LogP contribution in [-0.2, 0) is 14.2 Å². The Hall–Kier alpha value is -0.240. The summed E-state index contributed by atoms with van der Waals surface area (Å²) < 4.78 is 17.2. The van der Waals surface area contributed by atoms with E-state index in [1.165, 1.54) is 0 Å². The van der Waals surface area contributed by atoms with Crippen LogP contribution in [0.1, 0.15) is 65.7 Å². The molecule has 0 saturated carbocycles. The lowest BCUT2D eigenvalue weighted by Gasteiger charge is -2.33. The second kappa shape index (κ2) is 19.5. The van der Waals surface area contributed by atoms with E-state index in [1.54, 1.807) is 0 Å². The molecule has 0 amide bonds. The first kappa shape index (κ1) is 25.8. The number of unbranched alkanes of at least 4 members (excludes halogenated alkanes) is 3. The van der Waals surface area contributed by atoms with Gasteiger partial charge in [-0.1, -0.05) is 46.5 Å². The van der Waals surface area contributed by atoms with Crippen LogP contribution in [0.2, 0.25) is 0 Å². The van der Waals surface area contributed by atoms with E-state index in [4.69, 9.17) is 19.3 Å². The number of aliphatic hydroxyl groups excluding tert-OH is 2. The molecule has 2 N–H and O–H groups in total. The van der Waals surface area contributed by atoms with E-state index >= 15 is 0 Å². The lowest BCUT2D eigenvalue weighted by Crippen LogP contribution is -2.45. The van der Waals surface area contributed by atoms with Gasteiger partial charge in [0.2, 0.25) is 0 Å². The van der Waals surface area contributed by atoms with Crippen molar-refractivity contribution in [3.63, 3.8) is 0 Å². The molecule has 0 aliphatic carbocycles. The van der Waals surface area contributed by atoms with Gasteiger partial charge >= 0.3 is 0 Å². The fourth-order valence-corrected chi connectivity index (χ4v) is 2.71. The SMILES string of the molecule is CCCCOC(CCCC)CN(CCCC)C(CO)OCCOCCO. The summed E-state index contributed by atoms with van der Waals surface area (Å²) in [6, 6.07) is 0. The largest absolute Gasteiger partial charge is 0.394 e. The number of nitrogens with zero attached hydrogens (tertiary/aromatic N) is 1. The molecule has 2 unspecified atom stereocenters. The molecule has 158 valence electrons. The van der Waals surface area contributed by atoms with Crippen LogP contribution in [0.25, 0.3) is 0 Å². The minimum atomic E-state index is -0.335. The van der Waals surface area contributed by atoms with Gasteiger partial charge in [0.1, 0.15) is 6.23 Å². The molecule has 0 aromatic rings. The molecule has 6 nitrogen and oxygen atoms in total. The first-order valence-corrected chi connectivity index (χ1v) is 10.5. The van der Waals surface area contributed by atoms with Crippen molar-refractivity contribution in [1.82, 2.24) is 4.90 Å². The zero-order chi connectivity index (χ0) is 19.5. The second-order valence-electron chi connectivity index (χ2n) is 6.68. The summed E-state index contributed by atoms with van der Waals surface area (Å²) in [6.45, 7) is 10.1. The van der Waals surface area contributed by atoms with Crippen molar-refractivity contribution in [2.24, 2.45) is 0 Å². The van der Waals surface area contributed by atoms with Gasteiger partial charge in [-0.05, 0) is 19.3 Å². The molecular formula is C20H43NO5. The van der Waals surface area contributed by atoms with Gasteiger partial charge in [0.15, 0.2) is 0 Å². The highest BCUT2D eigenvalue weighted by Gasteiger charge is 2.22. The molecule has 6 heteroatoms. The van der Waals surface area contributed by atoms with E-state index in [0.29, 0.717) is 19.8 Å². The van der Waals surface area contributed by atoms with Gasteiger partial charge in [-0.25, -0.2) is 0 Å². The number of ether oxygens (including phenoxy) is 3. The summed E-state index contributed by atoms with van der Waals surface area (Å²) in [5.41, 5.74) is 0. The van der Waals surface area contributed by atoms with Crippen LogP contribution in [0.3, 0.4) is 0 Å². The van der Waals surface area contributed by atoms with Crippen molar-refractivity contribution < 1.29 is 24.4 Å². The van der Waals surface area contributed by atoms with Crippen LogP contribution in [0.5, 0.6) is 0 Å². The lowest BCUT2D eigenvalue weighted by molar-refractivity contribution is -0.116. The number of aliphatic hydroxyl groups is 2. The second-order valence-corrected chi connectivity index (χ2v) is 6.68. The number of rotatable bonds is 20. The van der Waals surface area contributed by atoms with Crippen LogP contribution in [0.4, 0.5) is 0 Å². The highest BCUT2D eigenvalue weighted by atomic mass is 16.5. The summed E-state index contributed by atoms with van der Waals surface area (Å²) in [5.74, 6) is 0. The Morgan fingerprint density at radius 1 is 0.808 bits per heavy atom. The van der Waals surface area contributed by atoms with Crippen LogP contribution in [0.15, 0.2) is 0 Å². The molecule has 2 atom stereocenters. The Morgan fingerprint density at radius 2 is 1.54 bits per heavy atom. The number of hydrogen-bond acceptors (Lipinski definition) is 6. The molecule has 0 spiro atoms. The predicted molar refractivity (Wildman–Crippen MR) is 105 cm³/mol. The monoisotopic (exact) mass is 377 g/mol. The maximum Gasteiger partial charge on any atom is 0.134 e. The summed E-state index contributed by atoms with van der Waals surface area (Å²) in [5, 5.41) is 18.6. The van der Waals surface area contributed by atoms with Gasteiger partial charge in [0.25, 0.3) is 0 Å². The zero-order valence-corrected chi connectivity index (χ0v) is 17.3. The van der Waals surface area contributed by atoms with Crippen LogP contribution >= 0.6 is 0 Å². The Labute approximate surface area is 160 Å². The van der Waals surface area contributed by atoms with Crippen LogP contribution in [-0.4, -0.2) is 80.2 Å². The summed E-state index contributed by atoms with van der Waals surface area (Å²) >= 11 is 0. The third-order valence-corrected chi connectivity index (χ3v) is 4.31. The van der Waals surface area contributed by atoms with Gasteiger partial charge < -0.3 is 24.4 Å². The third kappa shape index (κ3) is 13.9. The van der Waals surface area contributed by atoms with Crippen molar-refractivity contribution in [3.8, 4) is 0 Å². The van der Waals surface area contributed by atoms with E-state index in [1.807, 2.05) is 0 Å². The smallest absolute Gasteiger partial charge is 0.134 e. The normalized spacial score (nSPS) is 14.1. The average Bonchev–Trinajstić information content (AvgIpc) is 2.66. The molecule has 0 rings (SSSR count). The van der Waals surface area contributed by atoms with Gasteiger partial charge in [-0.15, -0.1) is 0 Å². The third-order valence-electron chi connectivity index (χ3n) is 4.31. The first-order chi connectivity index (χ1) is 12.7. The van der Waals surface area contributed by atoms with Gasteiger partial charge in [-0.2, -0.15) is 0 Å². The quantitative estimate of drug-likeness (QED) is 0.251. The number of hydrogen-bond donors (Lipinski definition) is 2. The lowest BCUT2D eigenvalue weighted by atomic mass is 10.1. The van der Waals surface area contributed by atoms with E-state index in [2.05, 4.69) is 25.7 Å². The highest BCUT2D eigenvalue weighted by molar-refractivity contribution is 4.70. The molecule has 0 bridgehead atoms. The fourth-order valence-electron chi connectivity index (χ4n) is 2.71. The predicted octanol–water partition coefficient (Wildman–Crippen LogP) is 2.81. The molecule has 0 aliphatic rings. The van der Waals surface area contributed by atoms with Crippen molar-refractivity contribution in [2.75, 3.05) is 52.7 Å². The van der Waals surface area contributed by atoms with Gasteiger partial charge in [0.05, 0.1) is 39.1 Å².